The lowest BCUT2D eigenvalue weighted by molar-refractivity contribution is -0.0852. The minimum absolute atomic E-state index is 0.000897. The molecule has 1 saturated heterocycles. The van der Waals surface area contributed by atoms with Gasteiger partial charge in [0.15, 0.2) is 0 Å². The molecule has 2 aliphatic rings. The maximum Gasteiger partial charge on any atom is 0.256 e. The Bertz CT molecular complexity index is 1610. The first-order valence-electron chi connectivity index (χ1n) is 17.4. The highest BCUT2D eigenvalue weighted by molar-refractivity contribution is 6.32. The van der Waals surface area contributed by atoms with E-state index in [1.807, 2.05) is 29.9 Å². The SMILES string of the molecule is CC(Cn1cnnn1)Oc1cc(-c2cnc(Nc3cn(C4CCC(N5C[C@@H](C)O[C@@H](C)C5)CC4)nc3OCCCOCCO)nc2)ccc1Cl. The average Bonchev–Trinajstić information content (AvgIpc) is 3.77. The number of aliphatic hydroxyl groups is 1. The number of morpholine rings is 1. The summed E-state index contributed by atoms with van der Waals surface area (Å²) < 4.78 is 27.2. The van der Waals surface area contributed by atoms with Gasteiger partial charge in [-0.2, -0.15) is 0 Å². The molecule has 0 spiro atoms. The first kappa shape index (κ1) is 35.9. The van der Waals surface area contributed by atoms with Crippen molar-refractivity contribution in [1.29, 1.82) is 0 Å². The number of nitrogens with one attached hydrogen (secondary N) is 1. The molecule has 1 aliphatic heterocycles. The van der Waals surface area contributed by atoms with E-state index < -0.39 is 0 Å². The summed E-state index contributed by atoms with van der Waals surface area (Å²) in [5.41, 5.74) is 2.37. The molecule has 15 nitrogen and oxygen atoms in total. The second-order valence-electron chi connectivity index (χ2n) is 13.1. The second-order valence-corrected chi connectivity index (χ2v) is 13.5. The van der Waals surface area contributed by atoms with Gasteiger partial charge in [-0.3, -0.25) is 9.58 Å². The predicted octanol–water partition coefficient (Wildman–Crippen LogP) is 4.56. The van der Waals surface area contributed by atoms with Gasteiger partial charge in [-0.15, -0.1) is 10.2 Å². The molecule has 270 valence electrons. The fourth-order valence-corrected chi connectivity index (χ4v) is 6.83. The zero-order valence-electron chi connectivity index (χ0n) is 28.9. The first-order valence-corrected chi connectivity index (χ1v) is 17.8. The number of anilines is 2. The zero-order chi connectivity index (χ0) is 34.9. The number of aliphatic hydroxyl groups excluding tert-OH is 1. The van der Waals surface area contributed by atoms with Crippen molar-refractivity contribution in [2.24, 2.45) is 0 Å². The van der Waals surface area contributed by atoms with E-state index in [4.69, 9.17) is 40.8 Å². The van der Waals surface area contributed by atoms with Crippen LogP contribution in [0.4, 0.5) is 11.6 Å². The van der Waals surface area contributed by atoms with E-state index in [2.05, 4.69) is 49.6 Å². The third-order valence-corrected chi connectivity index (χ3v) is 9.25. The molecule has 0 bridgehead atoms. The van der Waals surface area contributed by atoms with E-state index in [9.17, 15) is 0 Å². The van der Waals surface area contributed by atoms with Crippen molar-refractivity contribution in [2.45, 2.75) is 89.8 Å². The Labute approximate surface area is 297 Å². The Hall–Kier alpha value is -3.89. The van der Waals surface area contributed by atoms with Gasteiger partial charge in [-0.25, -0.2) is 14.6 Å². The minimum atomic E-state index is -0.216. The molecule has 4 heterocycles. The molecular weight excluding hydrogens is 664 g/mol. The summed E-state index contributed by atoms with van der Waals surface area (Å²) in [4.78, 5) is 11.8. The molecule has 50 heavy (non-hydrogen) atoms. The largest absolute Gasteiger partial charge is 0.487 e. The quantitative estimate of drug-likeness (QED) is 0.156. The highest BCUT2D eigenvalue weighted by Crippen LogP contribution is 2.36. The Kier molecular flexibility index (Phi) is 12.5. The van der Waals surface area contributed by atoms with Gasteiger partial charge in [0.05, 0.1) is 55.8 Å². The normalized spacial score (nSPS) is 21.9. The Balaban J connectivity index is 1.11. The fourth-order valence-electron chi connectivity index (χ4n) is 6.67. The summed E-state index contributed by atoms with van der Waals surface area (Å²) in [6, 6.07) is 6.42. The summed E-state index contributed by atoms with van der Waals surface area (Å²) in [6.07, 6.45) is 12.3. The molecule has 1 aliphatic carbocycles. The molecule has 0 radical (unpaired) electrons. The van der Waals surface area contributed by atoms with Crippen molar-refractivity contribution >= 4 is 23.2 Å². The van der Waals surface area contributed by atoms with Crippen LogP contribution in [0.15, 0.2) is 43.1 Å². The van der Waals surface area contributed by atoms with Crippen LogP contribution in [0.1, 0.15) is 58.9 Å². The number of tetrazole rings is 1. The van der Waals surface area contributed by atoms with Crippen LogP contribution in [-0.4, -0.2) is 114 Å². The van der Waals surface area contributed by atoms with Crippen molar-refractivity contribution < 1.29 is 24.1 Å². The maximum absolute atomic E-state index is 8.98. The Morgan fingerprint density at radius 1 is 1.02 bits per heavy atom. The second kappa shape index (κ2) is 17.4. The van der Waals surface area contributed by atoms with Gasteiger partial charge in [0.2, 0.25) is 5.95 Å². The van der Waals surface area contributed by atoms with Crippen LogP contribution in [0.5, 0.6) is 11.6 Å². The van der Waals surface area contributed by atoms with Crippen LogP contribution < -0.4 is 14.8 Å². The molecule has 0 amide bonds. The third kappa shape index (κ3) is 9.66. The van der Waals surface area contributed by atoms with Gasteiger partial charge < -0.3 is 29.4 Å². The van der Waals surface area contributed by atoms with Gasteiger partial charge in [0.25, 0.3) is 5.88 Å². The molecule has 2 N–H and O–H groups in total. The van der Waals surface area contributed by atoms with E-state index in [0.29, 0.717) is 67.1 Å². The van der Waals surface area contributed by atoms with Crippen LogP contribution in [0.3, 0.4) is 0 Å². The average molecular weight is 711 g/mol. The molecule has 3 atom stereocenters. The minimum Gasteiger partial charge on any atom is -0.487 e. The molecule has 1 unspecified atom stereocenters. The molecule has 6 rings (SSSR count). The van der Waals surface area contributed by atoms with E-state index in [-0.39, 0.29) is 31.0 Å². The van der Waals surface area contributed by atoms with E-state index in [1.54, 1.807) is 29.5 Å². The summed E-state index contributed by atoms with van der Waals surface area (Å²) in [6.45, 7) is 9.94. The number of aromatic nitrogens is 8. The highest BCUT2D eigenvalue weighted by atomic mass is 35.5. The predicted molar refractivity (Wildman–Crippen MR) is 187 cm³/mol. The van der Waals surface area contributed by atoms with E-state index >= 15 is 0 Å². The molecule has 1 saturated carbocycles. The van der Waals surface area contributed by atoms with Gasteiger partial charge in [-0.05, 0) is 74.6 Å². The topological polar surface area (TPSA) is 160 Å². The molecule has 16 heteroatoms. The maximum atomic E-state index is 8.98. The van der Waals surface area contributed by atoms with Crippen LogP contribution in [0.25, 0.3) is 11.1 Å². The zero-order valence-corrected chi connectivity index (χ0v) is 29.7. The number of rotatable bonds is 16. The number of hydrogen-bond acceptors (Lipinski definition) is 13. The van der Waals surface area contributed by atoms with Crippen molar-refractivity contribution in [3.05, 3.63) is 48.1 Å². The van der Waals surface area contributed by atoms with Crippen molar-refractivity contribution in [2.75, 3.05) is 44.8 Å². The molecule has 2 fully saturated rings. The van der Waals surface area contributed by atoms with Crippen LogP contribution >= 0.6 is 11.6 Å². The molecular formula is C34H47ClN10O5. The van der Waals surface area contributed by atoms with Crippen molar-refractivity contribution in [3.8, 4) is 22.8 Å². The molecule has 3 aromatic heterocycles. The highest BCUT2D eigenvalue weighted by Gasteiger charge is 2.32. The number of nitrogens with zero attached hydrogens (tertiary/aromatic N) is 9. The number of ether oxygens (including phenoxy) is 4. The van der Waals surface area contributed by atoms with Crippen LogP contribution in [0.2, 0.25) is 5.02 Å². The van der Waals surface area contributed by atoms with Gasteiger partial charge in [-0.1, -0.05) is 17.7 Å². The van der Waals surface area contributed by atoms with E-state index in [1.165, 1.54) is 0 Å². The van der Waals surface area contributed by atoms with Gasteiger partial charge >= 0.3 is 0 Å². The smallest absolute Gasteiger partial charge is 0.256 e. The summed E-state index contributed by atoms with van der Waals surface area (Å²) in [7, 11) is 0. The van der Waals surface area contributed by atoms with Crippen molar-refractivity contribution in [1.82, 2.24) is 44.9 Å². The lowest BCUT2D eigenvalue weighted by Gasteiger charge is -2.42. The first-order chi connectivity index (χ1) is 24.3. The van der Waals surface area contributed by atoms with Gasteiger partial charge in [0.1, 0.15) is 23.9 Å². The van der Waals surface area contributed by atoms with Crippen LogP contribution in [-0.2, 0) is 16.0 Å². The fraction of sp³-hybridized carbons (Fsp3) is 0.588. The Morgan fingerprint density at radius 2 is 1.78 bits per heavy atom. The summed E-state index contributed by atoms with van der Waals surface area (Å²) in [5, 5.41) is 28.9. The third-order valence-electron chi connectivity index (χ3n) is 8.94. The Morgan fingerprint density at radius 3 is 2.50 bits per heavy atom. The monoisotopic (exact) mass is 710 g/mol. The van der Waals surface area contributed by atoms with Crippen molar-refractivity contribution in [3.63, 3.8) is 0 Å². The van der Waals surface area contributed by atoms with E-state index in [0.717, 1.165) is 49.9 Å². The summed E-state index contributed by atoms with van der Waals surface area (Å²) in [5.74, 6) is 1.46. The number of benzene rings is 1. The summed E-state index contributed by atoms with van der Waals surface area (Å²) >= 11 is 6.46. The van der Waals surface area contributed by atoms with Crippen LogP contribution in [0, 0.1) is 0 Å². The molecule has 4 aromatic rings. The molecule has 1 aromatic carbocycles. The number of hydrogen-bond donors (Lipinski definition) is 2. The number of halogens is 1. The van der Waals surface area contributed by atoms with Gasteiger partial charge in [0, 0.05) is 50.1 Å². The standard InChI is InChI=1S/C34H47ClN10O5/c1-23-18-43(19-24(2)49-23)28-6-8-29(9-7-28)45-21-31(33(40-45)48-13-4-12-47-14-11-46)39-34-36-16-27(17-37-34)26-5-10-30(35)32(15-26)50-25(3)20-44-22-38-41-42-44/h5,10,15-17,21-25,28-29,46H,4,6-9,11-14,18-20H2,1-3H3,(H,36,37,39)/t23-,24+,25?,28?,29?. The lowest BCUT2D eigenvalue weighted by Crippen LogP contribution is -2.51. The lowest BCUT2D eigenvalue weighted by atomic mass is 9.89.